The maximum atomic E-state index is 9.09. The maximum absolute atomic E-state index is 9.09. The average molecular weight is 265 g/mol. The molecule has 0 amide bonds. The molecule has 0 aliphatic carbocycles. The van der Waals surface area contributed by atoms with E-state index in [4.69, 9.17) is 16.7 Å². The largest absolute Gasteiger partial charge is 0.394 e. The van der Waals surface area contributed by atoms with Crippen LogP contribution in [0.1, 0.15) is 11.6 Å². The molecule has 2 N–H and O–H groups in total. The van der Waals surface area contributed by atoms with Crippen LogP contribution < -0.4 is 5.32 Å². The van der Waals surface area contributed by atoms with Crippen molar-refractivity contribution in [3.05, 3.63) is 33.3 Å². The normalized spacial score (nSPS) is 12.9. The second-order valence-electron chi connectivity index (χ2n) is 2.66. The van der Waals surface area contributed by atoms with Gasteiger partial charge >= 0.3 is 0 Å². The highest BCUT2D eigenvalue weighted by atomic mass is 79.9. The average Bonchev–Trinajstić information content (AvgIpc) is 2.11. The van der Waals surface area contributed by atoms with Gasteiger partial charge in [0, 0.05) is 15.1 Å². The lowest BCUT2D eigenvalue weighted by Gasteiger charge is -2.16. The standard InChI is InChI=1S/C9H11BrClNO/c1-12-8(5-13)9-6(10)3-2-4-7(9)11/h2-4,8,12-13H,5H2,1H3/t8-/m0/s1. The predicted octanol–water partition coefficient (Wildman–Crippen LogP) is 2.36. The van der Waals surface area contributed by atoms with Gasteiger partial charge in [-0.05, 0) is 19.2 Å². The number of aliphatic hydroxyl groups excluding tert-OH is 1. The van der Waals surface area contributed by atoms with Gasteiger partial charge in [-0.2, -0.15) is 0 Å². The monoisotopic (exact) mass is 263 g/mol. The molecule has 0 unspecified atom stereocenters. The van der Waals surface area contributed by atoms with Crippen molar-refractivity contribution in [1.82, 2.24) is 5.32 Å². The first kappa shape index (κ1) is 11.0. The predicted molar refractivity (Wildman–Crippen MR) is 58.0 cm³/mol. The second-order valence-corrected chi connectivity index (χ2v) is 3.92. The summed E-state index contributed by atoms with van der Waals surface area (Å²) in [4.78, 5) is 0. The molecule has 0 fully saturated rings. The summed E-state index contributed by atoms with van der Waals surface area (Å²) in [6, 6.07) is 5.45. The van der Waals surface area contributed by atoms with Crippen LogP contribution in [-0.2, 0) is 0 Å². The molecule has 2 nitrogen and oxygen atoms in total. The third-order valence-electron chi connectivity index (χ3n) is 1.88. The van der Waals surface area contributed by atoms with Crippen molar-refractivity contribution < 1.29 is 5.11 Å². The van der Waals surface area contributed by atoms with E-state index in [1.165, 1.54) is 0 Å². The van der Waals surface area contributed by atoms with Crippen LogP contribution >= 0.6 is 27.5 Å². The van der Waals surface area contributed by atoms with Gasteiger partial charge in [-0.25, -0.2) is 0 Å². The summed E-state index contributed by atoms with van der Waals surface area (Å²) in [5.74, 6) is 0. The SMILES string of the molecule is CN[C@@H](CO)c1c(Cl)cccc1Br. The molecule has 4 heteroatoms. The van der Waals surface area contributed by atoms with Gasteiger partial charge in [0.2, 0.25) is 0 Å². The molecule has 72 valence electrons. The molecule has 0 radical (unpaired) electrons. The van der Waals surface area contributed by atoms with Gasteiger partial charge in [0.15, 0.2) is 0 Å². The number of hydrogen-bond donors (Lipinski definition) is 2. The van der Waals surface area contributed by atoms with Gasteiger partial charge in [0.25, 0.3) is 0 Å². The molecular weight excluding hydrogens is 253 g/mol. The summed E-state index contributed by atoms with van der Waals surface area (Å²) >= 11 is 9.39. The molecule has 13 heavy (non-hydrogen) atoms. The Balaban J connectivity index is 3.10. The highest BCUT2D eigenvalue weighted by molar-refractivity contribution is 9.10. The van der Waals surface area contributed by atoms with Crippen molar-refractivity contribution in [3.8, 4) is 0 Å². The zero-order chi connectivity index (χ0) is 9.84. The third kappa shape index (κ3) is 2.44. The maximum Gasteiger partial charge on any atom is 0.0627 e. The Hall–Kier alpha value is -0.0900. The minimum absolute atomic E-state index is 0.0266. The van der Waals surface area contributed by atoms with Crippen molar-refractivity contribution in [2.45, 2.75) is 6.04 Å². The quantitative estimate of drug-likeness (QED) is 0.878. The second kappa shape index (κ2) is 4.96. The number of likely N-dealkylation sites (N-methyl/N-ethyl adjacent to an activating group) is 1. The molecule has 1 atom stereocenters. The Kier molecular flexibility index (Phi) is 4.19. The highest BCUT2D eigenvalue weighted by Gasteiger charge is 2.14. The Morgan fingerprint density at radius 3 is 2.77 bits per heavy atom. The van der Waals surface area contributed by atoms with Gasteiger partial charge in [0.05, 0.1) is 12.6 Å². The summed E-state index contributed by atoms with van der Waals surface area (Å²) in [7, 11) is 1.79. The van der Waals surface area contributed by atoms with Crippen LogP contribution in [0.2, 0.25) is 5.02 Å². The molecule has 1 aromatic carbocycles. The summed E-state index contributed by atoms with van der Waals surface area (Å²) in [6.45, 7) is 0.0266. The Morgan fingerprint density at radius 1 is 1.62 bits per heavy atom. The first-order valence-corrected chi connectivity index (χ1v) is 5.09. The van der Waals surface area contributed by atoms with Gasteiger partial charge in [-0.3, -0.25) is 0 Å². The Labute approximate surface area is 91.0 Å². The van der Waals surface area contributed by atoms with Crippen LogP contribution in [0, 0.1) is 0 Å². The molecule has 0 saturated carbocycles. The van der Waals surface area contributed by atoms with E-state index in [-0.39, 0.29) is 12.6 Å². The summed E-state index contributed by atoms with van der Waals surface area (Å²) < 4.78 is 0.911. The van der Waals surface area contributed by atoms with Gasteiger partial charge < -0.3 is 10.4 Å². The van der Waals surface area contributed by atoms with Crippen molar-refractivity contribution in [1.29, 1.82) is 0 Å². The molecule has 0 aromatic heterocycles. The highest BCUT2D eigenvalue weighted by Crippen LogP contribution is 2.29. The van der Waals surface area contributed by atoms with E-state index < -0.39 is 0 Å². The number of benzene rings is 1. The van der Waals surface area contributed by atoms with Gasteiger partial charge in [0.1, 0.15) is 0 Å². The summed E-state index contributed by atoms with van der Waals surface area (Å²) in [5, 5.41) is 12.7. The Bertz CT molecular complexity index is 269. The lowest BCUT2D eigenvalue weighted by Crippen LogP contribution is -2.20. The molecule has 0 bridgehead atoms. The first-order chi connectivity index (χ1) is 6.20. The minimum atomic E-state index is -0.122. The van der Waals surface area contributed by atoms with Gasteiger partial charge in [-0.1, -0.05) is 33.6 Å². The molecule has 0 aliphatic heterocycles. The van der Waals surface area contributed by atoms with Crippen LogP contribution in [0.25, 0.3) is 0 Å². The Morgan fingerprint density at radius 2 is 2.31 bits per heavy atom. The zero-order valence-corrected chi connectivity index (χ0v) is 9.56. The fraction of sp³-hybridized carbons (Fsp3) is 0.333. The van der Waals surface area contributed by atoms with E-state index in [2.05, 4.69) is 21.2 Å². The van der Waals surface area contributed by atoms with Crippen LogP contribution in [0.15, 0.2) is 22.7 Å². The lowest BCUT2D eigenvalue weighted by atomic mass is 10.1. The lowest BCUT2D eigenvalue weighted by molar-refractivity contribution is 0.250. The fourth-order valence-corrected chi connectivity index (χ4v) is 2.23. The molecule has 1 rings (SSSR count). The number of halogens is 2. The van der Waals surface area contributed by atoms with Crippen molar-refractivity contribution in [2.75, 3.05) is 13.7 Å². The smallest absolute Gasteiger partial charge is 0.0627 e. The molecule has 1 aromatic rings. The third-order valence-corrected chi connectivity index (χ3v) is 2.90. The summed E-state index contributed by atoms with van der Waals surface area (Å²) in [6.07, 6.45) is 0. The molecule has 0 spiro atoms. The summed E-state index contributed by atoms with van der Waals surface area (Å²) in [5.41, 5.74) is 0.897. The number of nitrogens with one attached hydrogen (secondary N) is 1. The fourth-order valence-electron chi connectivity index (χ4n) is 1.17. The number of rotatable bonds is 3. The van der Waals surface area contributed by atoms with E-state index in [1.807, 2.05) is 18.2 Å². The molecule has 0 heterocycles. The van der Waals surface area contributed by atoms with Crippen LogP contribution in [0.3, 0.4) is 0 Å². The van der Waals surface area contributed by atoms with Crippen LogP contribution in [-0.4, -0.2) is 18.8 Å². The molecular formula is C9H11BrClNO. The van der Waals surface area contributed by atoms with E-state index >= 15 is 0 Å². The number of hydrogen-bond acceptors (Lipinski definition) is 2. The molecule has 0 aliphatic rings. The van der Waals surface area contributed by atoms with Gasteiger partial charge in [-0.15, -0.1) is 0 Å². The van der Waals surface area contributed by atoms with E-state index in [9.17, 15) is 0 Å². The number of aliphatic hydroxyl groups is 1. The first-order valence-electron chi connectivity index (χ1n) is 3.92. The van der Waals surface area contributed by atoms with Crippen LogP contribution in [0.4, 0.5) is 0 Å². The van der Waals surface area contributed by atoms with Crippen molar-refractivity contribution in [2.24, 2.45) is 0 Å². The van der Waals surface area contributed by atoms with E-state index in [0.29, 0.717) is 5.02 Å². The topological polar surface area (TPSA) is 32.3 Å². The van der Waals surface area contributed by atoms with E-state index in [1.54, 1.807) is 7.05 Å². The van der Waals surface area contributed by atoms with Crippen molar-refractivity contribution >= 4 is 27.5 Å². The van der Waals surface area contributed by atoms with Crippen LogP contribution in [0.5, 0.6) is 0 Å². The minimum Gasteiger partial charge on any atom is -0.394 e. The zero-order valence-electron chi connectivity index (χ0n) is 7.22. The molecule has 0 saturated heterocycles. The van der Waals surface area contributed by atoms with Crippen molar-refractivity contribution in [3.63, 3.8) is 0 Å². The van der Waals surface area contributed by atoms with E-state index in [0.717, 1.165) is 10.0 Å².